The smallest absolute Gasteiger partial charge is 0.281 e. The molecule has 0 saturated heterocycles. The molecule has 1 aliphatic heterocycles. The van der Waals surface area contributed by atoms with Gasteiger partial charge in [-0.25, -0.2) is 0 Å². The minimum absolute atomic E-state index is 0.146. The van der Waals surface area contributed by atoms with Gasteiger partial charge in [-0.15, -0.1) is 0 Å². The highest BCUT2D eigenvalue weighted by Gasteiger charge is 2.20. The maximum absolute atomic E-state index is 12.3. The normalized spacial score (nSPS) is 15.0. The Bertz CT molecular complexity index is 998. The summed E-state index contributed by atoms with van der Waals surface area (Å²) in [4.78, 5) is 18.7. The average molecular weight is 317 g/mol. The van der Waals surface area contributed by atoms with Crippen LogP contribution in [0.3, 0.4) is 0 Å². The van der Waals surface area contributed by atoms with Crippen molar-refractivity contribution in [2.24, 2.45) is 0 Å². The van der Waals surface area contributed by atoms with Crippen LogP contribution in [0.1, 0.15) is 17.8 Å². The monoisotopic (exact) mass is 317 g/mol. The maximum atomic E-state index is 12.3. The lowest BCUT2D eigenvalue weighted by atomic mass is 10.1. The third-order valence-corrected chi connectivity index (χ3v) is 4.53. The molecule has 1 aliphatic rings. The highest BCUT2D eigenvalue weighted by molar-refractivity contribution is 5.85. The van der Waals surface area contributed by atoms with Crippen LogP contribution in [0.4, 0.5) is 5.69 Å². The summed E-state index contributed by atoms with van der Waals surface area (Å²) in [6, 6.07) is 16.1. The molecular weight excluding hydrogens is 298 g/mol. The van der Waals surface area contributed by atoms with Crippen LogP contribution in [0.2, 0.25) is 0 Å². The number of allylic oxidation sites excluding steroid dienone is 1. The molecule has 0 atom stereocenters. The molecule has 120 valence electrons. The zero-order valence-corrected chi connectivity index (χ0v) is 13.9. The van der Waals surface area contributed by atoms with E-state index in [0.29, 0.717) is 5.39 Å². The van der Waals surface area contributed by atoms with E-state index < -0.39 is 0 Å². The van der Waals surface area contributed by atoms with Crippen LogP contribution in [0.15, 0.2) is 53.3 Å². The zero-order valence-electron chi connectivity index (χ0n) is 13.9. The van der Waals surface area contributed by atoms with Gasteiger partial charge in [0.2, 0.25) is 0 Å². The molecule has 2 aromatic carbocycles. The summed E-state index contributed by atoms with van der Waals surface area (Å²) in [6.45, 7) is 0.866. The van der Waals surface area contributed by atoms with Gasteiger partial charge in [0.05, 0.1) is 10.9 Å². The number of nitrogens with zero attached hydrogens (tertiary/aromatic N) is 3. The second-order valence-electron chi connectivity index (χ2n) is 6.31. The third kappa shape index (κ3) is 2.40. The van der Waals surface area contributed by atoms with Gasteiger partial charge in [0.25, 0.3) is 5.56 Å². The predicted molar refractivity (Wildman–Crippen MR) is 99.3 cm³/mol. The molecule has 4 rings (SSSR count). The summed E-state index contributed by atoms with van der Waals surface area (Å²) in [7, 11) is 4.06. The molecular formula is C20H19N3O. The Hall–Kier alpha value is -2.88. The molecule has 0 amide bonds. The molecule has 0 saturated carbocycles. The van der Waals surface area contributed by atoms with E-state index in [4.69, 9.17) is 0 Å². The summed E-state index contributed by atoms with van der Waals surface area (Å²) < 4.78 is 2.15. The van der Waals surface area contributed by atoms with E-state index >= 15 is 0 Å². The van der Waals surface area contributed by atoms with Gasteiger partial charge < -0.3 is 9.47 Å². The number of fused-ring (bicyclic) bond motifs is 3. The summed E-state index contributed by atoms with van der Waals surface area (Å²) in [6.07, 6.45) is 3.04. The van der Waals surface area contributed by atoms with Crippen LogP contribution in [-0.4, -0.2) is 23.6 Å². The molecule has 24 heavy (non-hydrogen) atoms. The van der Waals surface area contributed by atoms with Crippen molar-refractivity contribution >= 4 is 28.2 Å². The van der Waals surface area contributed by atoms with Crippen molar-refractivity contribution in [1.82, 2.24) is 9.55 Å². The Labute approximate surface area is 140 Å². The number of rotatable bonds is 2. The summed E-state index contributed by atoms with van der Waals surface area (Å²) in [5.74, 6) is 0.801. The number of benzene rings is 2. The molecule has 0 bridgehead atoms. The topological polar surface area (TPSA) is 38.1 Å². The zero-order chi connectivity index (χ0) is 16.7. The number of aromatic nitrogens is 2. The second-order valence-corrected chi connectivity index (χ2v) is 6.31. The lowest BCUT2D eigenvalue weighted by Gasteiger charge is -2.12. The van der Waals surface area contributed by atoms with Gasteiger partial charge in [0.15, 0.2) is 0 Å². The molecule has 0 unspecified atom stereocenters. The largest absolute Gasteiger partial charge is 0.378 e. The SMILES string of the molecule is CN(C)c1ccc(/C=C2\CCn3c2nc(=O)c2ccccc23)cc1. The van der Waals surface area contributed by atoms with Gasteiger partial charge in [-0.2, -0.15) is 4.98 Å². The first-order chi connectivity index (χ1) is 11.6. The Morgan fingerprint density at radius 3 is 2.58 bits per heavy atom. The fourth-order valence-electron chi connectivity index (χ4n) is 3.24. The first-order valence-electron chi connectivity index (χ1n) is 8.11. The molecule has 0 N–H and O–H groups in total. The average Bonchev–Trinajstić information content (AvgIpc) is 2.98. The molecule has 4 nitrogen and oxygen atoms in total. The number of aryl methyl sites for hydroxylation is 1. The predicted octanol–water partition coefficient (Wildman–Crippen LogP) is 3.41. The van der Waals surface area contributed by atoms with E-state index in [2.05, 4.69) is 44.8 Å². The van der Waals surface area contributed by atoms with Gasteiger partial charge in [-0.3, -0.25) is 4.79 Å². The quantitative estimate of drug-likeness (QED) is 0.727. The van der Waals surface area contributed by atoms with Gasteiger partial charge in [-0.05, 0) is 47.9 Å². The minimum atomic E-state index is -0.146. The van der Waals surface area contributed by atoms with Crippen molar-refractivity contribution in [2.45, 2.75) is 13.0 Å². The first kappa shape index (κ1) is 14.7. The van der Waals surface area contributed by atoms with Crippen LogP contribution in [0.25, 0.3) is 22.6 Å². The molecule has 1 aromatic heterocycles. The standard InChI is InChI=1S/C20H19N3O/c1-22(2)16-9-7-14(8-10-16)13-15-11-12-23-18-6-4-3-5-17(18)20(24)21-19(15)23/h3-10,13H,11-12H2,1-2H3/b15-13+. The van der Waals surface area contributed by atoms with Crippen molar-refractivity contribution < 1.29 is 0 Å². The van der Waals surface area contributed by atoms with E-state index in [1.54, 1.807) is 0 Å². The number of anilines is 1. The van der Waals surface area contributed by atoms with Crippen LogP contribution in [0.5, 0.6) is 0 Å². The lowest BCUT2D eigenvalue weighted by molar-refractivity contribution is 0.772. The molecule has 0 fully saturated rings. The Morgan fingerprint density at radius 2 is 1.83 bits per heavy atom. The fourth-order valence-corrected chi connectivity index (χ4v) is 3.24. The summed E-state index contributed by atoms with van der Waals surface area (Å²) >= 11 is 0. The Balaban J connectivity index is 1.80. The minimum Gasteiger partial charge on any atom is -0.378 e. The van der Waals surface area contributed by atoms with Gasteiger partial charge >= 0.3 is 0 Å². The van der Waals surface area contributed by atoms with Crippen LogP contribution in [0, 0.1) is 0 Å². The van der Waals surface area contributed by atoms with E-state index in [1.165, 1.54) is 5.69 Å². The molecule has 0 spiro atoms. The van der Waals surface area contributed by atoms with Crippen LogP contribution >= 0.6 is 0 Å². The first-order valence-corrected chi connectivity index (χ1v) is 8.11. The van der Waals surface area contributed by atoms with E-state index in [1.807, 2.05) is 38.4 Å². The summed E-state index contributed by atoms with van der Waals surface area (Å²) in [5, 5.41) is 0.692. The van der Waals surface area contributed by atoms with Gasteiger partial charge in [0, 0.05) is 26.3 Å². The Kier molecular flexibility index (Phi) is 3.45. The van der Waals surface area contributed by atoms with E-state index in [-0.39, 0.29) is 5.56 Å². The van der Waals surface area contributed by atoms with Crippen molar-refractivity contribution in [3.63, 3.8) is 0 Å². The van der Waals surface area contributed by atoms with Crippen molar-refractivity contribution in [3.8, 4) is 0 Å². The molecule has 2 heterocycles. The number of hydrogen-bond acceptors (Lipinski definition) is 3. The van der Waals surface area contributed by atoms with Crippen molar-refractivity contribution in [2.75, 3.05) is 19.0 Å². The number of para-hydroxylation sites is 1. The highest BCUT2D eigenvalue weighted by atomic mass is 16.1. The van der Waals surface area contributed by atoms with Crippen LogP contribution < -0.4 is 10.5 Å². The van der Waals surface area contributed by atoms with E-state index in [0.717, 1.165) is 35.4 Å². The second kappa shape index (κ2) is 5.64. The maximum Gasteiger partial charge on any atom is 0.281 e. The van der Waals surface area contributed by atoms with E-state index in [9.17, 15) is 4.79 Å². The fraction of sp³-hybridized carbons (Fsp3) is 0.200. The van der Waals surface area contributed by atoms with Gasteiger partial charge in [0.1, 0.15) is 5.82 Å². The Morgan fingerprint density at radius 1 is 1.08 bits per heavy atom. The lowest BCUT2D eigenvalue weighted by Crippen LogP contribution is -2.14. The number of hydrogen-bond donors (Lipinski definition) is 0. The van der Waals surface area contributed by atoms with Crippen LogP contribution in [-0.2, 0) is 6.54 Å². The molecule has 3 aromatic rings. The highest BCUT2D eigenvalue weighted by Crippen LogP contribution is 2.29. The van der Waals surface area contributed by atoms with Gasteiger partial charge in [-0.1, -0.05) is 24.3 Å². The molecule has 4 heteroatoms. The molecule has 0 radical (unpaired) electrons. The van der Waals surface area contributed by atoms with Crippen molar-refractivity contribution in [3.05, 3.63) is 70.3 Å². The van der Waals surface area contributed by atoms with Crippen molar-refractivity contribution in [1.29, 1.82) is 0 Å². The molecule has 0 aliphatic carbocycles. The summed E-state index contributed by atoms with van der Waals surface area (Å²) in [5.41, 5.74) is 4.25. The third-order valence-electron chi connectivity index (χ3n) is 4.53.